The van der Waals surface area contributed by atoms with E-state index in [-0.39, 0.29) is 4.90 Å². The average Bonchev–Trinajstić information content (AvgIpc) is 3.35. The maximum atomic E-state index is 12.8. The summed E-state index contributed by atoms with van der Waals surface area (Å²) >= 11 is 0. The largest absolute Gasteiger partial charge is 0.370 e. The van der Waals surface area contributed by atoms with Crippen molar-refractivity contribution in [3.8, 4) is 0 Å². The molecule has 0 amide bonds. The van der Waals surface area contributed by atoms with Crippen molar-refractivity contribution in [2.24, 2.45) is 0 Å². The molecule has 7 nitrogen and oxygen atoms in total. The van der Waals surface area contributed by atoms with Gasteiger partial charge in [0.25, 0.3) is 10.0 Å². The molecule has 0 aliphatic carbocycles. The number of aromatic nitrogens is 2. The summed E-state index contributed by atoms with van der Waals surface area (Å²) in [6, 6.07) is 21.8. The lowest BCUT2D eigenvalue weighted by Crippen LogP contribution is -2.18. The Balaban J connectivity index is 1.29. The molecule has 2 N–H and O–H groups in total. The van der Waals surface area contributed by atoms with Crippen LogP contribution in [-0.4, -0.2) is 31.7 Å². The van der Waals surface area contributed by atoms with Crippen LogP contribution in [0.25, 0.3) is 10.8 Å². The number of rotatable bonds is 6. The van der Waals surface area contributed by atoms with Crippen molar-refractivity contribution in [3.63, 3.8) is 0 Å². The van der Waals surface area contributed by atoms with E-state index in [4.69, 9.17) is 0 Å². The zero-order valence-electron chi connectivity index (χ0n) is 17.4. The Bertz CT molecular complexity index is 1350. The molecular weight excluding hydrogens is 422 g/mol. The number of nitrogens with one attached hydrogen (secondary N) is 2. The normalized spacial score (nSPS) is 13.9. The molecule has 1 aliphatic rings. The average molecular weight is 446 g/mol. The van der Waals surface area contributed by atoms with Gasteiger partial charge in [-0.1, -0.05) is 30.3 Å². The van der Waals surface area contributed by atoms with Crippen molar-refractivity contribution >= 4 is 43.7 Å². The van der Waals surface area contributed by atoms with Crippen molar-refractivity contribution in [2.45, 2.75) is 17.7 Å². The van der Waals surface area contributed by atoms with Gasteiger partial charge in [-0.2, -0.15) is 5.10 Å². The van der Waals surface area contributed by atoms with Gasteiger partial charge in [0.15, 0.2) is 5.82 Å². The van der Waals surface area contributed by atoms with Crippen molar-refractivity contribution in [2.75, 3.05) is 28.0 Å². The van der Waals surface area contributed by atoms with E-state index in [9.17, 15) is 8.42 Å². The van der Waals surface area contributed by atoms with Gasteiger partial charge >= 0.3 is 0 Å². The molecule has 0 bridgehead atoms. The molecule has 1 fully saturated rings. The molecule has 8 heteroatoms. The van der Waals surface area contributed by atoms with E-state index < -0.39 is 10.0 Å². The van der Waals surface area contributed by atoms with E-state index >= 15 is 0 Å². The standard InChI is InChI=1S/C24H23N5O2S/c30-32(31,23-12-7-18-5-1-2-6-19(18)15-23)28-21-10-8-20(9-11-21)26-24-16-22(17-25-27-24)29-13-3-4-14-29/h1-2,5-12,15-17,28H,3-4,13-14H2,(H,26,27). The predicted octanol–water partition coefficient (Wildman–Crippen LogP) is 4.77. The second kappa shape index (κ2) is 8.47. The summed E-state index contributed by atoms with van der Waals surface area (Å²) in [6.45, 7) is 2.08. The zero-order valence-corrected chi connectivity index (χ0v) is 18.2. The fraction of sp³-hybridized carbons (Fsp3) is 0.167. The van der Waals surface area contributed by atoms with Crippen molar-refractivity contribution in [1.29, 1.82) is 0 Å². The first-order valence-electron chi connectivity index (χ1n) is 10.5. The highest BCUT2D eigenvalue weighted by Gasteiger charge is 2.15. The van der Waals surface area contributed by atoms with Gasteiger partial charge in [0.2, 0.25) is 0 Å². The maximum absolute atomic E-state index is 12.8. The minimum atomic E-state index is -3.69. The Morgan fingerprint density at radius 2 is 1.53 bits per heavy atom. The van der Waals surface area contributed by atoms with Gasteiger partial charge < -0.3 is 10.2 Å². The summed E-state index contributed by atoms with van der Waals surface area (Å²) in [4.78, 5) is 2.53. The number of sulfonamides is 1. The van der Waals surface area contributed by atoms with Crippen LogP contribution in [0.2, 0.25) is 0 Å². The van der Waals surface area contributed by atoms with Crippen LogP contribution in [0.15, 0.2) is 83.9 Å². The highest BCUT2D eigenvalue weighted by molar-refractivity contribution is 7.92. The summed E-state index contributed by atoms with van der Waals surface area (Å²) in [7, 11) is -3.69. The van der Waals surface area contributed by atoms with Crippen LogP contribution in [0.1, 0.15) is 12.8 Å². The van der Waals surface area contributed by atoms with Crippen LogP contribution in [0.5, 0.6) is 0 Å². The third-order valence-corrected chi connectivity index (χ3v) is 6.93. The molecule has 4 aromatic rings. The van der Waals surface area contributed by atoms with Crippen LogP contribution in [-0.2, 0) is 10.0 Å². The van der Waals surface area contributed by atoms with Crippen molar-refractivity contribution < 1.29 is 8.42 Å². The highest BCUT2D eigenvalue weighted by Crippen LogP contribution is 2.25. The molecule has 1 saturated heterocycles. The summed E-state index contributed by atoms with van der Waals surface area (Å²) in [5, 5.41) is 13.4. The molecule has 32 heavy (non-hydrogen) atoms. The minimum Gasteiger partial charge on any atom is -0.370 e. The number of hydrogen-bond donors (Lipinski definition) is 2. The Hall–Kier alpha value is -3.65. The lowest BCUT2D eigenvalue weighted by Gasteiger charge is -2.17. The maximum Gasteiger partial charge on any atom is 0.261 e. The molecule has 162 valence electrons. The van der Waals surface area contributed by atoms with Crippen LogP contribution < -0.4 is 14.9 Å². The first-order valence-corrected chi connectivity index (χ1v) is 12.0. The van der Waals surface area contributed by atoms with Crippen LogP contribution >= 0.6 is 0 Å². The molecule has 1 aromatic heterocycles. The quantitative estimate of drug-likeness (QED) is 0.444. The van der Waals surface area contributed by atoms with Crippen molar-refractivity contribution in [3.05, 3.63) is 79.0 Å². The van der Waals surface area contributed by atoms with Crippen molar-refractivity contribution in [1.82, 2.24) is 10.2 Å². The Labute approximate surface area is 187 Å². The molecule has 3 aromatic carbocycles. The lowest BCUT2D eigenvalue weighted by molar-refractivity contribution is 0.601. The van der Waals surface area contributed by atoms with Crippen LogP contribution in [0, 0.1) is 0 Å². The van der Waals surface area contributed by atoms with Gasteiger partial charge in [-0.15, -0.1) is 5.10 Å². The Kier molecular flexibility index (Phi) is 5.36. The summed E-state index contributed by atoms with van der Waals surface area (Å²) in [5.74, 6) is 0.652. The number of benzene rings is 3. The highest BCUT2D eigenvalue weighted by atomic mass is 32.2. The Morgan fingerprint density at radius 1 is 0.812 bits per heavy atom. The number of hydrogen-bond acceptors (Lipinski definition) is 6. The number of nitrogens with zero attached hydrogens (tertiary/aromatic N) is 3. The summed E-state index contributed by atoms with van der Waals surface area (Å²) in [5.41, 5.74) is 2.34. The molecule has 0 spiro atoms. The molecule has 0 atom stereocenters. The van der Waals surface area contributed by atoms with Crippen LogP contribution in [0.4, 0.5) is 22.9 Å². The smallest absolute Gasteiger partial charge is 0.261 e. The third-order valence-electron chi connectivity index (χ3n) is 5.55. The topological polar surface area (TPSA) is 87.2 Å². The first-order chi connectivity index (χ1) is 15.6. The summed E-state index contributed by atoms with van der Waals surface area (Å²) in [6.07, 6.45) is 4.17. The molecule has 0 radical (unpaired) electrons. The van der Waals surface area contributed by atoms with E-state index in [2.05, 4.69) is 25.1 Å². The van der Waals surface area contributed by atoms with Gasteiger partial charge in [-0.25, -0.2) is 8.42 Å². The molecule has 1 aliphatic heterocycles. The van der Waals surface area contributed by atoms with Crippen LogP contribution in [0.3, 0.4) is 0 Å². The van der Waals surface area contributed by atoms with Gasteiger partial charge in [0.1, 0.15) is 0 Å². The van der Waals surface area contributed by atoms with Gasteiger partial charge in [-0.05, 0) is 60.0 Å². The molecule has 5 rings (SSSR count). The second-order valence-corrected chi connectivity index (χ2v) is 9.49. The number of anilines is 4. The first kappa shape index (κ1) is 20.3. The molecule has 2 heterocycles. The SMILES string of the molecule is O=S(=O)(Nc1ccc(Nc2cc(N3CCCC3)cnn2)cc1)c1ccc2ccccc2c1. The second-order valence-electron chi connectivity index (χ2n) is 7.81. The lowest BCUT2D eigenvalue weighted by atomic mass is 10.1. The van der Waals surface area contributed by atoms with E-state index in [1.54, 1.807) is 30.5 Å². The monoisotopic (exact) mass is 445 g/mol. The van der Waals surface area contributed by atoms with E-state index in [0.717, 1.165) is 35.2 Å². The van der Waals surface area contributed by atoms with Gasteiger partial charge in [0, 0.05) is 30.5 Å². The zero-order chi connectivity index (χ0) is 22.0. The van der Waals surface area contributed by atoms with E-state index in [0.29, 0.717) is 11.5 Å². The van der Waals surface area contributed by atoms with E-state index in [1.807, 2.05) is 48.5 Å². The number of fused-ring (bicyclic) bond motifs is 1. The van der Waals surface area contributed by atoms with Gasteiger partial charge in [0.05, 0.1) is 16.8 Å². The molecular formula is C24H23N5O2S. The molecule has 0 unspecified atom stereocenters. The molecule has 0 saturated carbocycles. The van der Waals surface area contributed by atoms with E-state index in [1.165, 1.54) is 12.8 Å². The third kappa shape index (κ3) is 4.36. The predicted molar refractivity (Wildman–Crippen MR) is 128 cm³/mol. The minimum absolute atomic E-state index is 0.229. The fourth-order valence-electron chi connectivity index (χ4n) is 3.88. The fourth-order valence-corrected chi connectivity index (χ4v) is 4.98. The summed E-state index contributed by atoms with van der Waals surface area (Å²) < 4.78 is 28.3. The van der Waals surface area contributed by atoms with Gasteiger partial charge in [-0.3, -0.25) is 4.72 Å². The Morgan fingerprint density at radius 3 is 2.31 bits per heavy atom.